The van der Waals surface area contributed by atoms with E-state index in [9.17, 15) is 19.5 Å². The summed E-state index contributed by atoms with van der Waals surface area (Å²) in [7, 11) is 2.80. The number of aromatic nitrogens is 4. The maximum Gasteiger partial charge on any atom is 0.332 e. The Labute approximate surface area is 152 Å². The van der Waals surface area contributed by atoms with Gasteiger partial charge in [-0.15, -0.1) is 0 Å². The Kier molecular flexibility index (Phi) is 4.33. The third-order valence-corrected chi connectivity index (χ3v) is 4.32. The molecule has 0 aliphatic heterocycles. The lowest BCUT2D eigenvalue weighted by atomic mass is 10.2. The molecule has 0 radical (unpaired) electrons. The van der Waals surface area contributed by atoms with Crippen LogP contribution in [0.1, 0.15) is 5.56 Å². The van der Waals surface area contributed by atoms with E-state index in [1.807, 2.05) is 6.92 Å². The highest BCUT2D eigenvalue weighted by molar-refractivity contribution is 6.30. The quantitative estimate of drug-likeness (QED) is 0.707. The van der Waals surface area contributed by atoms with E-state index in [2.05, 4.69) is 10.3 Å². The van der Waals surface area contributed by atoms with Gasteiger partial charge in [-0.1, -0.05) is 17.7 Å². The normalized spacial score (nSPS) is 11.1. The van der Waals surface area contributed by atoms with Crippen LogP contribution in [0, 0.1) is 6.92 Å². The summed E-state index contributed by atoms with van der Waals surface area (Å²) in [5, 5.41) is 12.7. The van der Waals surface area contributed by atoms with Crippen LogP contribution in [0.4, 0.5) is 11.6 Å². The van der Waals surface area contributed by atoms with Crippen LogP contribution in [0.2, 0.25) is 5.02 Å². The van der Waals surface area contributed by atoms with E-state index in [-0.39, 0.29) is 17.1 Å². The van der Waals surface area contributed by atoms with E-state index < -0.39 is 23.8 Å². The van der Waals surface area contributed by atoms with Crippen molar-refractivity contribution >= 4 is 40.4 Å². The Balaban J connectivity index is 2.31. The molecule has 0 amide bonds. The van der Waals surface area contributed by atoms with Crippen molar-refractivity contribution in [2.24, 2.45) is 14.1 Å². The van der Waals surface area contributed by atoms with Crippen LogP contribution in [-0.2, 0) is 25.4 Å². The minimum atomic E-state index is -1.15. The Bertz CT molecular complexity index is 1160. The van der Waals surface area contributed by atoms with Gasteiger partial charge in [-0.05, 0) is 24.6 Å². The molecule has 3 rings (SSSR count). The zero-order valence-corrected chi connectivity index (χ0v) is 15.0. The van der Waals surface area contributed by atoms with Gasteiger partial charge < -0.3 is 10.4 Å². The van der Waals surface area contributed by atoms with Crippen molar-refractivity contribution in [1.82, 2.24) is 18.7 Å². The molecule has 1 aromatic carbocycles. The third-order valence-electron chi connectivity index (χ3n) is 4.09. The topological polar surface area (TPSA) is 111 Å². The van der Waals surface area contributed by atoms with Crippen LogP contribution in [0.25, 0.3) is 11.2 Å². The first-order valence-electron chi connectivity index (χ1n) is 7.62. The van der Waals surface area contributed by atoms with Crippen molar-refractivity contribution in [3.05, 3.63) is 49.6 Å². The predicted octanol–water partition coefficient (Wildman–Crippen LogP) is 1.22. The van der Waals surface area contributed by atoms with E-state index in [0.717, 1.165) is 10.1 Å². The van der Waals surface area contributed by atoms with Crippen LogP contribution in [0.3, 0.4) is 0 Å². The van der Waals surface area contributed by atoms with Crippen molar-refractivity contribution in [3.8, 4) is 0 Å². The highest BCUT2D eigenvalue weighted by Gasteiger charge is 2.21. The molecule has 2 aromatic heterocycles. The number of nitrogens with zero attached hydrogens (tertiary/aromatic N) is 4. The Morgan fingerprint density at radius 2 is 1.96 bits per heavy atom. The second-order valence-corrected chi connectivity index (χ2v) is 6.31. The van der Waals surface area contributed by atoms with Crippen LogP contribution in [0.5, 0.6) is 0 Å². The molecule has 0 fully saturated rings. The third kappa shape index (κ3) is 2.86. The smallest absolute Gasteiger partial charge is 0.332 e. The summed E-state index contributed by atoms with van der Waals surface area (Å²) < 4.78 is 3.35. The number of carbonyl (C=O) groups is 1. The van der Waals surface area contributed by atoms with Crippen molar-refractivity contribution in [1.29, 1.82) is 0 Å². The molecule has 0 saturated carbocycles. The van der Waals surface area contributed by atoms with Gasteiger partial charge in [-0.25, -0.2) is 4.79 Å². The summed E-state index contributed by atoms with van der Waals surface area (Å²) in [6.07, 6.45) is 0. The van der Waals surface area contributed by atoms with Gasteiger partial charge in [0.1, 0.15) is 6.54 Å². The molecule has 26 heavy (non-hydrogen) atoms. The Morgan fingerprint density at radius 3 is 2.62 bits per heavy atom. The van der Waals surface area contributed by atoms with Gasteiger partial charge in [0.25, 0.3) is 5.56 Å². The van der Waals surface area contributed by atoms with Gasteiger partial charge in [-0.2, -0.15) is 4.98 Å². The second-order valence-electron chi connectivity index (χ2n) is 5.88. The number of carboxylic acid groups (broad SMARTS) is 1. The average Bonchev–Trinajstić information content (AvgIpc) is 2.92. The molecule has 2 heterocycles. The van der Waals surface area contributed by atoms with Gasteiger partial charge >= 0.3 is 11.7 Å². The van der Waals surface area contributed by atoms with Gasteiger partial charge in [0.2, 0.25) is 5.95 Å². The fourth-order valence-electron chi connectivity index (χ4n) is 2.68. The zero-order valence-electron chi connectivity index (χ0n) is 14.3. The fourth-order valence-corrected chi connectivity index (χ4v) is 2.85. The molecule has 136 valence electrons. The van der Waals surface area contributed by atoms with E-state index in [4.69, 9.17) is 11.6 Å². The number of aryl methyl sites for hydroxylation is 2. The number of nitrogens with one attached hydrogen (secondary N) is 1. The summed E-state index contributed by atoms with van der Waals surface area (Å²) in [5.41, 5.74) is 0.424. The molecular formula is C16H16ClN5O4. The molecule has 2 N–H and O–H groups in total. The van der Waals surface area contributed by atoms with E-state index >= 15 is 0 Å². The summed E-state index contributed by atoms with van der Waals surface area (Å²) in [4.78, 5) is 40.3. The van der Waals surface area contributed by atoms with E-state index in [1.54, 1.807) is 18.2 Å². The van der Waals surface area contributed by atoms with Crippen molar-refractivity contribution in [3.63, 3.8) is 0 Å². The standard InChI is InChI=1S/C16H16ClN5O4/c1-8-4-5-9(17)6-10(8)18-15-19-13-12(22(15)7-11(23)24)14(25)21(3)16(26)20(13)2/h4-6H,7H2,1-3H3,(H,18,19)(H,23,24). The van der Waals surface area contributed by atoms with Crippen molar-refractivity contribution in [2.75, 3.05) is 5.32 Å². The number of hydrogen-bond acceptors (Lipinski definition) is 5. The van der Waals surface area contributed by atoms with Crippen LogP contribution in [-0.4, -0.2) is 29.8 Å². The lowest BCUT2D eigenvalue weighted by Gasteiger charge is -2.11. The Morgan fingerprint density at radius 1 is 1.27 bits per heavy atom. The number of anilines is 2. The summed E-state index contributed by atoms with van der Waals surface area (Å²) >= 11 is 6.02. The first-order valence-corrected chi connectivity index (χ1v) is 7.99. The Hall–Kier alpha value is -3.07. The largest absolute Gasteiger partial charge is 0.480 e. The SMILES string of the molecule is Cc1ccc(Cl)cc1Nc1nc2c(c(=O)n(C)c(=O)n2C)n1CC(=O)O. The number of carboxylic acids is 1. The van der Waals surface area contributed by atoms with Crippen LogP contribution < -0.4 is 16.6 Å². The first-order chi connectivity index (χ1) is 12.2. The number of hydrogen-bond donors (Lipinski definition) is 2. The molecule has 0 saturated heterocycles. The van der Waals surface area contributed by atoms with Crippen molar-refractivity contribution < 1.29 is 9.90 Å². The summed E-state index contributed by atoms with van der Waals surface area (Å²) in [5.74, 6) is -1.02. The van der Waals surface area contributed by atoms with Gasteiger partial charge in [0, 0.05) is 24.8 Å². The highest BCUT2D eigenvalue weighted by Crippen LogP contribution is 2.25. The number of halogens is 1. The average molecular weight is 378 g/mol. The van der Waals surface area contributed by atoms with Gasteiger partial charge in [-0.3, -0.25) is 23.3 Å². The molecule has 0 spiro atoms. The molecule has 0 atom stereocenters. The highest BCUT2D eigenvalue weighted by atomic mass is 35.5. The molecule has 0 bridgehead atoms. The molecule has 9 nitrogen and oxygen atoms in total. The maximum atomic E-state index is 12.5. The maximum absolute atomic E-state index is 12.5. The predicted molar refractivity (Wildman–Crippen MR) is 97.3 cm³/mol. The minimum Gasteiger partial charge on any atom is -0.480 e. The number of aliphatic carboxylic acids is 1. The summed E-state index contributed by atoms with van der Waals surface area (Å²) in [6.45, 7) is 1.35. The summed E-state index contributed by atoms with van der Waals surface area (Å²) in [6, 6.07) is 5.18. The lowest BCUT2D eigenvalue weighted by molar-refractivity contribution is -0.137. The zero-order chi connectivity index (χ0) is 19.2. The monoisotopic (exact) mass is 377 g/mol. The molecule has 0 aliphatic rings. The van der Waals surface area contributed by atoms with Crippen molar-refractivity contribution in [2.45, 2.75) is 13.5 Å². The minimum absolute atomic E-state index is 0.0270. The van der Waals surface area contributed by atoms with Gasteiger partial charge in [0.05, 0.1) is 0 Å². The fraction of sp³-hybridized carbons (Fsp3) is 0.250. The number of imidazole rings is 1. The molecule has 0 unspecified atom stereocenters. The molecular weight excluding hydrogens is 362 g/mol. The number of benzene rings is 1. The van der Waals surface area contributed by atoms with Crippen LogP contribution >= 0.6 is 11.6 Å². The molecule has 10 heteroatoms. The first kappa shape index (κ1) is 17.7. The van der Waals surface area contributed by atoms with Gasteiger partial charge in [0.15, 0.2) is 11.2 Å². The second kappa shape index (κ2) is 6.34. The molecule has 0 aliphatic carbocycles. The number of fused-ring (bicyclic) bond motifs is 1. The van der Waals surface area contributed by atoms with E-state index in [0.29, 0.717) is 10.7 Å². The van der Waals surface area contributed by atoms with E-state index in [1.165, 1.54) is 23.2 Å². The van der Waals surface area contributed by atoms with Crippen LogP contribution in [0.15, 0.2) is 27.8 Å². The number of rotatable bonds is 4. The molecule has 3 aromatic rings. The lowest BCUT2D eigenvalue weighted by Crippen LogP contribution is -2.37.